The van der Waals surface area contributed by atoms with Crippen LogP contribution in [0.2, 0.25) is 0 Å². The molecule has 1 N–H and O–H groups in total. The molecule has 1 heterocycles. The predicted molar refractivity (Wildman–Crippen MR) is 72.7 cm³/mol. The van der Waals surface area contributed by atoms with Crippen molar-refractivity contribution in [3.8, 4) is 6.07 Å². The quantitative estimate of drug-likeness (QED) is 0.808. The van der Waals surface area contributed by atoms with E-state index >= 15 is 0 Å². The van der Waals surface area contributed by atoms with Crippen LogP contribution in [0.15, 0.2) is 30.5 Å². The minimum Gasteiger partial charge on any atom is -0.481 e. The van der Waals surface area contributed by atoms with Gasteiger partial charge in [0.15, 0.2) is 0 Å². The number of unbranched alkanes of at least 4 members (excludes halogenated alkanes) is 2. The number of rotatable bonds is 6. The molecule has 19 heavy (non-hydrogen) atoms. The van der Waals surface area contributed by atoms with Crippen LogP contribution in [0.1, 0.15) is 24.8 Å². The molecule has 1 aromatic heterocycles. The lowest BCUT2D eigenvalue weighted by atomic mass is 10.1. The second kappa shape index (κ2) is 6.05. The summed E-state index contributed by atoms with van der Waals surface area (Å²) in [5.41, 5.74) is 1.92. The molecule has 4 nitrogen and oxygen atoms in total. The van der Waals surface area contributed by atoms with Crippen LogP contribution in [0.4, 0.5) is 0 Å². The van der Waals surface area contributed by atoms with Crippen molar-refractivity contribution in [2.45, 2.75) is 32.2 Å². The lowest BCUT2D eigenvalue weighted by Gasteiger charge is -2.03. The Bertz CT molecular complexity index is 623. The highest BCUT2D eigenvalue weighted by Gasteiger charge is 2.10. The van der Waals surface area contributed by atoms with Gasteiger partial charge >= 0.3 is 5.97 Å². The molecule has 98 valence electrons. The molecule has 0 bridgehead atoms. The minimum atomic E-state index is -0.813. The van der Waals surface area contributed by atoms with Crippen molar-refractivity contribution < 1.29 is 9.90 Å². The second-order valence-electron chi connectivity index (χ2n) is 4.55. The third kappa shape index (κ3) is 3.14. The number of carboxylic acids is 1. The Kier molecular flexibility index (Phi) is 4.19. The fraction of sp³-hybridized carbons (Fsp3) is 0.333. The Morgan fingerprint density at radius 2 is 2.11 bits per heavy atom. The first kappa shape index (κ1) is 13.2. The molecule has 0 radical (unpaired) electrons. The van der Waals surface area contributed by atoms with E-state index < -0.39 is 5.97 Å². The fourth-order valence-electron chi connectivity index (χ4n) is 2.30. The minimum absolute atomic E-state index is 0.0473. The van der Waals surface area contributed by atoms with E-state index in [9.17, 15) is 4.79 Å². The van der Waals surface area contributed by atoms with Crippen LogP contribution >= 0.6 is 0 Å². The molecule has 0 saturated heterocycles. The molecule has 0 aliphatic heterocycles. The van der Waals surface area contributed by atoms with Gasteiger partial charge in [0.05, 0.1) is 12.5 Å². The summed E-state index contributed by atoms with van der Waals surface area (Å²) in [6.45, 7) is 0.821. The van der Waals surface area contributed by atoms with Crippen molar-refractivity contribution >= 4 is 16.9 Å². The molecule has 0 amide bonds. The van der Waals surface area contributed by atoms with Gasteiger partial charge in [-0.3, -0.25) is 4.79 Å². The van der Waals surface area contributed by atoms with Crippen LogP contribution in [0.25, 0.3) is 10.9 Å². The third-order valence-electron chi connectivity index (χ3n) is 3.15. The van der Waals surface area contributed by atoms with Crippen LogP contribution in [-0.4, -0.2) is 15.6 Å². The Morgan fingerprint density at radius 1 is 1.32 bits per heavy atom. The van der Waals surface area contributed by atoms with Crippen molar-refractivity contribution in [3.63, 3.8) is 0 Å². The van der Waals surface area contributed by atoms with E-state index in [0.29, 0.717) is 6.42 Å². The van der Waals surface area contributed by atoms with Crippen LogP contribution in [0.3, 0.4) is 0 Å². The second-order valence-corrected chi connectivity index (χ2v) is 4.55. The first-order valence-corrected chi connectivity index (χ1v) is 6.38. The van der Waals surface area contributed by atoms with E-state index in [4.69, 9.17) is 10.4 Å². The molecule has 1 aromatic carbocycles. The van der Waals surface area contributed by atoms with Gasteiger partial charge in [-0.15, -0.1) is 0 Å². The van der Waals surface area contributed by atoms with Gasteiger partial charge in [-0.2, -0.15) is 5.26 Å². The maximum Gasteiger partial charge on any atom is 0.307 e. The number of nitriles is 1. The van der Waals surface area contributed by atoms with Gasteiger partial charge in [-0.05, 0) is 24.5 Å². The zero-order valence-electron chi connectivity index (χ0n) is 10.7. The van der Waals surface area contributed by atoms with Crippen LogP contribution in [0, 0.1) is 11.3 Å². The first-order chi connectivity index (χ1) is 9.22. The smallest absolute Gasteiger partial charge is 0.307 e. The Hall–Kier alpha value is -2.28. The Labute approximate surface area is 111 Å². The molecular formula is C15H16N2O2. The molecule has 2 rings (SSSR count). The van der Waals surface area contributed by atoms with Gasteiger partial charge in [-0.25, -0.2) is 0 Å². The van der Waals surface area contributed by atoms with Gasteiger partial charge in [0.25, 0.3) is 0 Å². The van der Waals surface area contributed by atoms with E-state index in [1.165, 1.54) is 0 Å². The summed E-state index contributed by atoms with van der Waals surface area (Å²) in [5, 5.41) is 18.5. The molecule has 0 aliphatic rings. The molecule has 0 saturated carbocycles. The maximum atomic E-state index is 10.9. The number of hydrogen-bond donors (Lipinski definition) is 1. The van der Waals surface area contributed by atoms with Gasteiger partial charge < -0.3 is 9.67 Å². The lowest BCUT2D eigenvalue weighted by Crippen LogP contribution is -1.99. The number of nitrogens with zero attached hydrogens (tertiary/aromatic N) is 2. The summed E-state index contributed by atoms with van der Waals surface area (Å²) < 4.78 is 2.09. The van der Waals surface area contributed by atoms with Crippen molar-refractivity contribution in [2.75, 3.05) is 0 Å². The Balaban J connectivity index is 2.23. The van der Waals surface area contributed by atoms with Crippen LogP contribution in [0.5, 0.6) is 0 Å². The standard InChI is InChI=1S/C15H16N2O2/c16-8-4-1-5-9-17-11-12(10-15(18)19)13-6-2-3-7-14(13)17/h2-3,6-7,11H,1,4-5,9-10H2,(H,18,19). The Morgan fingerprint density at radius 3 is 2.84 bits per heavy atom. The zero-order valence-corrected chi connectivity index (χ0v) is 10.7. The number of carboxylic acid groups (broad SMARTS) is 1. The summed E-state index contributed by atoms with van der Waals surface area (Å²) in [6, 6.07) is 9.98. The number of hydrogen-bond acceptors (Lipinski definition) is 2. The average Bonchev–Trinajstić information content (AvgIpc) is 2.73. The zero-order chi connectivity index (χ0) is 13.7. The normalized spacial score (nSPS) is 10.5. The fourth-order valence-corrected chi connectivity index (χ4v) is 2.30. The van der Waals surface area contributed by atoms with E-state index in [1.807, 2.05) is 30.5 Å². The monoisotopic (exact) mass is 256 g/mol. The highest BCUT2D eigenvalue weighted by Crippen LogP contribution is 2.22. The topological polar surface area (TPSA) is 66.0 Å². The number of para-hydroxylation sites is 1. The van der Waals surface area contributed by atoms with Gasteiger partial charge in [0.1, 0.15) is 0 Å². The number of benzene rings is 1. The molecular weight excluding hydrogens is 240 g/mol. The van der Waals surface area contributed by atoms with E-state index in [0.717, 1.165) is 35.9 Å². The number of aromatic nitrogens is 1. The highest BCUT2D eigenvalue weighted by atomic mass is 16.4. The van der Waals surface area contributed by atoms with Gasteiger partial charge in [-0.1, -0.05) is 18.2 Å². The molecule has 0 spiro atoms. The number of carbonyl (C=O) groups is 1. The van der Waals surface area contributed by atoms with Gasteiger partial charge in [0.2, 0.25) is 0 Å². The maximum absolute atomic E-state index is 10.9. The largest absolute Gasteiger partial charge is 0.481 e. The number of fused-ring (bicyclic) bond motifs is 1. The highest BCUT2D eigenvalue weighted by molar-refractivity contribution is 5.87. The van der Waals surface area contributed by atoms with Gasteiger partial charge in [0, 0.05) is 30.1 Å². The van der Waals surface area contributed by atoms with Crippen molar-refractivity contribution in [3.05, 3.63) is 36.0 Å². The third-order valence-corrected chi connectivity index (χ3v) is 3.15. The molecule has 4 heteroatoms. The lowest BCUT2D eigenvalue weighted by molar-refractivity contribution is -0.136. The number of aryl methyl sites for hydroxylation is 1. The molecule has 0 atom stereocenters. The van der Waals surface area contributed by atoms with E-state index in [-0.39, 0.29) is 6.42 Å². The summed E-state index contributed by atoms with van der Waals surface area (Å²) in [4.78, 5) is 10.9. The first-order valence-electron chi connectivity index (χ1n) is 6.38. The molecule has 0 unspecified atom stereocenters. The molecule has 0 aliphatic carbocycles. The van der Waals surface area contributed by atoms with Crippen molar-refractivity contribution in [1.82, 2.24) is 4.57 Å². The molecule has 2 aromatic rings. The van der Waals surface area contributed by atoms with Crippen LogP contribution in [-0.2, 0) is 17.8 Å². The summed E-state index contributed by atoms with van der Waals surface area (Å²) in [7, 11) is 0. The summed E-state index contributed by atoms with van der Waals surface area (Å²) in [5.74, 6) is -0.813. The summed E-state index contributed by atoms with van der Waals surface area (Å²) >= 11 is 0. The van der Waals surface area contributed by atoms with E-state index in [1.54, 1.807) is 0 Å². The van der Waals surface area contributed by atoms with E-state index in [2.05, 4.69) is 10.6 Å². The SMILES string of the molecule is N#CCCCCn1cc(CC(=O)O)c2ccccc21. The number of aliphatic carboxylic acids is 1. The molecule has 0 fully saturated rings. The predicted octanol–water partition coefficient (Wildman–Crippen LogP) is 2.96. The summed E-state index contributed by atoms with van der Waals surface area (Å²) in [6.07, 6.45) is 4.34. The average molecular weight is 256 g/mol. The van der Waals surface area contributed by atoms with Crippen LogP contribution < -0.4 is 0 Å². The van der Waals surface area contributed by atoms with Crippen molar-refractivity contribution in [2.24, 2.45) is 0 Å². The van der Waals surface area contributed by atoms with Crippen molar-refractivity contribution in [1.29, 1.82) is 5.26 Å².